The van der Waals surface area contributed by atoms with Crippen LogP contribution in [0.15, 0.2) is 36.7 Å². The maximum atomic E-state index is 11.4. The molecule has 3 aromatic rings. The van der Waals surface area contributed by atoms with Crippen LogP contribution in [0.2, 0.25) is 5.15 Å². The van der Waals surface area contributed by atoms with E-state index < -0.39 is 0 Å². The fourth-order valence-corrected chi connectivity index (χ4v) is 2.38. The third-order valence-corrected chi connectivity index (χ3v) is 3.33. The van der Waals surface area contributed by atoms with Gasteiger partial charge in [-0.15, -0.1) is 0 Å². The first-order valence-corrected chi connectivity index (χ1v) is 6.14. The molecule has 0 saturated heterocycles. The Kier molecular flexibility index (Phi) is 2.80. The second-order valence-corrected chi connectivity index (χ2v) is 4.56. The number of aromatic nitrogens is 3. The predicted octanol–water partition coefficient (Wildman–Crippen LogP) is 3.17. The van der Waals surface area contributed by atoms with Gasteiger partial charge in [0.15, 0.2) is 11.4 Å². The van der Waals surface area contributed by atoms with Gasteiger partial charge in [-0.25, -0.2) is 9.50 Å². The Bertz CT molecular complexity index is 779. The quantitative estimate of drug-likeness (QED) is 0.673. The molecule has 5 heteroatoms. The molecule has 0 aliphatic heterocycles. The Labute approximate surface area is 114 Å². The maximum absolute atomic E-state index is 11.4. The van der Waals surface area contributed by atoms with Crippen LogP contribution in [0.1, 0.15) is 15.9 Å². The predicted molar refractivity (Wildman–Crippen MR) is 73.6 cm³/mol. The number of fused-ring (bicyclic) bond motifs is 1. The van der Waals surface area contributed by atoms with Crippen LogP contribution < -0.4 is 0 Å². The lowest BCUT2D eigenvalue weighted by Gasteiger charge is -2.01. The average Bonchev–Trinajstić information content (AvgIpc) is 2.79. The summed E-state index contributed by atoms with van der Waals surface area (Å²) in [4.78, 5) is 15.4. The summed E-state index contributed by atoms with van der Waals surface area (Å²) in [6.07, 6.45) is 4.01. The van der Waals surface area contributed by atoms with Crippen LogP contribution in [0.3, 0.4) is 0 Å². The van der Waals surface area contributed by atoms with E-state index in [0.29, 0.717) is 16.8 Å². The van der Waals surface area contributed by atoms with Gasteiger partial charge in [0.05, 0.1) is 5.56 Å². The molecule has 19 heavy (non-hydrogen) atoms. The van der Waals surface area contributed by atoms with E-state index in [1.165, 1.54) is 0 Å². The number of hydrogen-bond donors (Lipinski definition) is 0. The van der Waals surface area contributed by atoms with Crippen LogP contribution in [0.4, 0.5) is 0 Å². The van der Waals surface area contributed by atoms with Crippen LogP contribution in [0.25, 0.3) is 16.8 Å². The number of rotatable bonds is 2. The van der Waals surface area contributed by atoms with Crippen molar-refractivity contribution in [2.24, 2.45) is 0 Å². The summed E-state index contributed by atoms with van der Waals surface area (Å²) in [5, 5.41) is 4.71. The molecule has 0 bridgehead atoms. The van der Waals surface area contributed by atoms with Crippen LogP contribution in [-0.2, 0) is 0 Å². The van der Waals surface area contributed by atoms with Crippen LogP contribution in [0, 0.1) is 6.92 Å². The zero-order chi connectivity index (χ0) is 13.4. The van der Waals surface area contributed by atoms with Gasteiger partial charge < -0.3 is 0 Å². The number of benzene rings is 1. The molecular weight excluding hydrogens is 262 g/mol. The van der Waals surface area contributed by atoms with Gasteiger partial charge in [-0.05, 0) is 12.5 Å². The van der Waals surface area contributed by atoms with Crippen molar-refractivity contribution in [2.75, 3.05) is 0 Å². The van der Waals surface area contributed by atoms with Gasteiger partial charge in [0.1, 0.15) is 11.2 Å². The van der Waals surface area contributed by atoms with Crippen molar-refractivity contribution in [3.05, 3.63) is 52.9 Å². The lowest BCUT2D eigenvalue weighted by Crippen LogP contribution is -1.89. The van der Waals surface area contributed by atoms with E-state index in [-0.39, 0.29) is 5.15 Å². The molecule has 0 atom stereocenters. The summed E-state index contributed by atoms with van der Waals surface area (Å²) in [5.74, 6) is 0. The van der Waals surface area contributed by atoms with E-state index in [4.69, 9.17) is 11.6 Å². The van der Waals surface area contributed by atoms with E-state index >= 15 is 0 Å². The number of halogens is 1. The summed E-state index contributed by atoms with van der Waals surface area (Å²) in [6.45, 7) is 1.98. The molecule has 94 valence electrons. The van der Waals surface area contributed by atoms with Crippen molar-refractivity contribution in [3.8, 4) is 11.3 Å². The molecule has 0 aliphatic carbocycles. The number of aryl methyl sites for hydroxylation is 1. The zero-order valence-electron chi connectivity index (χ0n) is 10.2. The lowest BCUT2D eigenvalue weighted by atomic mass is 10.0. The molecule has 0 unspecified atom stereocenters. The minimum atomic E-state index is 0.275. The monoisotopic (exact) mass is 271 g/mol. The van der Waals surface area contributed by atoms with Gasteiger partial charge in [-0.2, -0.15) is 5.10 Å². The highest BCUT2D eigenvalue weighted by molar-refractivity contribution is 6.33. The van der Waals surface area contributed by atoms with Gasteiger partial charge in [0.25, 0.3) is 0 Å². The summed E-state index contributed by atoms with van der Waals surface area (Å²) in [7, 11) is 0. The summed E-state index contributed by atoms with van der Waals surface area (Å²) < 4.78 is 1.58. The molecule has 2 aromatic heterocycles. The minimum Gasteiger partial charge on any atom is -0.298 e. The fourth-order valence-electron chi connectivity index (χ4n) is 2.13. The first-order chi connectivity index (χ1) is 9.22. The highest BCUT2D eigenvalue weighted by atomic mass is 35.5. The first-order valence-electron chi connectivity index (χ1n) is 5.76. The van der Waals surface area contributed by atoms with E-state index in [9.17, 15) is 4.79 Å². The second-order valence-electron chi connectivity index (χ2n) is 4.21. The molecule has 0 fully saturated rings. The standard InChI is InChI=1S/C14H10ClN3O/c1-9-4-2-3-5-10(9)12-11(8-19)13-14(15)16-6-7-18(13)17-12/h2-8H,1H3. The summed E-state index contributed by atoms with van der Waals surface area (Å²) in [6, 6.07) is 7.78. The molecule has 0 spiro atoms. The number of carbonyl (C=O) groups excluding carboxylic acids is 1. The molecule has 0 N–H and O–H groups in total. The van der Waals surface area contributed by atoms with Crippen LogP contribution >= 0.6 is 11.6 Å². The van der Waals surface area contributed by atoms with Crippen LogP contribution in [0.5, 0.6) is 0 Å². The van der Waals surface area contributed by atoms with Crippen molar-refractivity contribution in [1.82, 2.24) is 14.6 Å². The Balaban J connectivity index is 2.40. The largest absolute Gasteiger partial charge is 0.298 e. The normalized spacial score (nSPS) is 10.8. The first kappa shape index (κ1) is 11.9. The van der Waals surface area contributed by atoms with Crippen molar-refractivity contribution >= 4 is 23.4 Å². The number of aldehydes is 1. The Morgan fingerprint density at radius 3 is 2.84 bits per heavy atom. The Hall–Kier alpha value is -2.20. The SMILES string of the molecule is Cc1ccccc1-c1nn2ccnc(Cl)c2c1C=O. The highest BCUT2D eigenvalue weighted by Crippen LogP contribution is 2.29. The maximum Gasteiger partial charge on any atom is 0.155 e. The van der Waals surface area contributed by atoms with Gasteiger partial charge in [0.2, 0.25) is 0 Å². The molecule has 3 rings (SSSR count). The lowest BCUT2D eigenvalue weighted by molar-refractivity contribution is 0.112. The smallest absolute Gasteiger partial charge is 0.155 e. The third-order valence-electron chi connectivity index (χ3n) is 3.06. The zero-order valence-corrected chi connectivity index (χ0v) is 10.9. The van der Waals surface area contributed by atoms with Gasteiger partial charge in [-0.3, -0.25) is 4.79 Å². The Morgan fingerprint density at radius 1 is 1.32 bits per heavy atom. The fraction of sp³-hybridized carbons (Fsp3) is 0.0714. The molecule has 1 aromatic carbocycles. The van der Waals surface area contributed by atoms with E-state index in [0.717, 1.165) is 17.4 Å². The minimum absolute atomic E-state index is 0.275. The second kappa shape index (κ2) is 4.48. The molecule has 0 saturated carbocycles. The van der Waals surface area contributed by atoms with Crippen molar-refractivity contribution in [1.29, 1.82) is 0 Å². The Morgan fingerprint density at radius 2 is 2.11 bits per heavy atom. The van der Waals surface area contributed by atoms with Gasteiger partial charge in [0, 0.05) is 18.0 Å². The molecule has 4 nitrogen and oxygen atoms in total. The van der Waals surface area contributed by atoms with E-state index in [1.807, 2.05) is 31.2 Å². The van der Waals surface area contributed by atoms with Gasteiger partial charge >= 0.3 is 0 Å². The van der Waals surface area contributed by atoms with Crippen molar-refractivity contribution in [3.63, 3.8) is 0 Å². The summed E-state index contributed by atoms with van der Waals surface area (Å²) >= 11 is 6.05. The molecule has 0 amide bonds. The molecule has 2 heterocycles. The number of hydrogen-bond acceptors (Lipinski definition) is 3. The number of carbonyl (C=O) groups is 1. The van der Waals surface area contributed by atoms with Crippen molar-refractivity contribution < 1.29 is 4.79 Å². The van der Waals surface area contributed by atoms with E-state index in [1.54, 1.807) is 16.9 Å². The van der Waals surface area contributed by atoms with Crippen LogP contribution in [-0.4, -0.2) is 20.9 Å². The molecule has 0 radical (unpaired) electrons. The van der Waals surface area contributed by atoms with Crippen molar-refractivity contribution in [2.45, 2.75) is 6.92 Å². The van der Waals surface area contributed by atoms with E-state index in [2.05, 4.69) is 10.1 Å². The van der Waals surface area contributed by atoms with Gasteiger partial charge in [-0.1, -0.05) is 35.9 Å². The summed E-state index contributed by atoms with van der Waals surface area (Å²) in [5.41, 5.74) is 3.61. The topological polar surface area (TPSA) is 47.3 Å². The number of nitrogens with zero attached hydrogens (tertiary/aromatic N) is 3. The molecular formula is C14H10ClN3O. The third kappa shape index (κ3) is 1.81. The average molecular weight is 272 g/mol. The highest BCUT2D eigenvalue weighted by Gasteiger charge is 2.17. The molecule has 0 aliphatic rings.